The van der Waals surface area contributed by atoms with E-state index in [2.05, 4.69) is 4.74 Å². The van der Waals surface area contributed by atoms with Crippen molar-refractivity contribution in [3.05, 3.63) is 52.6 Å². The molecule has 1 atom stereocenters. The van der Waals surface area contributed by atoms with Gasteiger partial charge in [0.2, 0.25) is 5.88 Å². The van der Waals surface area contributed by atoms with E-state index in [1.165, 1.54) is 12.1 Å². The van der Waals surface area contributed by atoms with Crippen LogP contribution in [0.5, 0.6) is 5.75 Å². The first-order valence-electron chi connectivity index (χ1n) is 9.78. The highest BCUT2D eigenvalue weighted by molar-refractivity contribution is 6.03. The van der Waals surface area contributed by atoms with E-state index in [0.717, 1.165) is 12.1 Å². The maximum absolute atomic E-state index is 13.1. The lowest BCUT2D eigenvalue weighted by Crippen LogP contribution is -2.36. The van der Waals surface area contributed by atoms with Gasteiger partial charge in [-0.25, -0.2) is 4.79 Å². The van der Waals surface area contributed by atoms with Crippen LogP contribution in [0.1, 0.15) is 52.0 Å². The minimum atomic E-state index is -4.84. The molecule has 6 nitrogen and oxygen atoms in total. The molecule has 0 saturated heterocycles. The Morgan fingerprint density at radius 2 is 1.81 bits per heavy atom. The number of Topliss-reactive ketones (excluding diaryl/α,β-unsaturated/α-hetero) is 1. The van der Waals surface area contributed by atoms with E-state index in [0.29, 0.717) is 17.7 Å². The molecule has 0 bridgehead atoms. The molecule has 1 aromatic rings. The maximum atomic E-state index is 13.1. The van der Waals surface area contributed by atoms with Crippen molar-refractivity contribution in [1.82, 2.24) is 0 Å². The molecule has 0 aromatic heterocycles. The van der Waals surface area contributed by atoms with Crippen molar-refractivity contribution in [3.8, 4) is 5.75 Å². The Balaban J connectivity index is 2.09. The van der Waals surface area contributed by atoms with Gasteiger partial charge in [0.1, 0.15) is 17.1 Å². The zero-order valence-corrected chi connectivity index (χ0v) is 17.6. The Morgan fingerprint density at radius 1 is 1.19 bits per heavy atom. The number of halogens is 3. The van der Waals surface area contributed by atoms with Crippen LogP contribution in [0, 0.1) is 5.41 Å². The second-order valence-corrected chi connectivity index (χ2v) is 8.66. The van der Waals surface area contributed by atoms with E-state index >= 15 is 0 Å². The number of allylic oxidation sites excluding steroid dienone is 2. The van der Waals surface area contributed by atoms with Crippen LogP contribution < -0.4 is 10.5 Å². The lowest BCUT2D eigenvalue weighted by molar-refractivity contribution is -0.274. The number of benzene rings is 1. The van der Waals surface area contributed by atoms with Crippen LogP contribution in [0.4, 0.5) is 13.2 Å². The molecule has 9 heteroatoms. The number of alkyl halides is 3. The Morgan fingerprint density at radius 3 is 2.35 bits per heavy atom. The molecule has 1 aliphatic carbocycles. The average Bonchev–Trinajstić information content (AvgIpc) is 2.57. The quantitative estimate of drug-likeness (QED) is 0.697. The SMILES string of the molecule is CC(C)OC(=O)C1=C(N)OC2=C(C(=O)CC(C)(C)C2)[C@@H]1c1ccc(OC(F)(F)F)cc1. The molecule has 1 aromatic carbocycles. The fraction of sp³-hybridized carbons (Fsp3) is 0.455. The molecular formula is C22H24F3NO5. The van der Waals surface area contributed by atoms with Crippen LogP contribution in [0.25, 0.3) is 0 Å². The van der Waals surface area contributed by atoms with Crippen molar-refractivity contribution >= 4 is 11.8 Å². The Kier molecular flexibility index (Phi) is 5.82. The molecule has 2 N–H and O–H groups in total. The molecule has 0 unspecified atom stereocenters. The van der Waals surface area contributed by atoms with Crippen molar-refractivity contribution in [3.63, 3.8) is 0 Å². The zero-order valence-electron chi connectivity index (χ0n) is 17.6. The number of carbonyl (C=O) groups is 2. The second-order valence-electron chi connectivity index (χ2n) is 8.66. The lowest BCUT2D eigenvalue weighted by atomic mass is 9.70. The van der Waals surface area contributed by atoms with E-state index in [-0.39, 0.29) is 34.6 Å². The molecule has 0 fully saturated rings. The van der Waals surface area contributed by atoms with Gasteiger partial charge in [-0.15, -0.1) is 13.2 Å². The fourth-order valence-corrected chi connectivity index (χ4v) is 3.86. The third kappa shape index (κ3) is 5.03. The Hall–Kier alpha value is -2.97. The van der Waals surface area contributed by atoms with Crippen LogP contribution in [-0.4, -0.2) is 24.2 Å². The number of carbonyl (C=O) groups excluding carboxylic acids is 2. The molecule has 0 saturated carbocycles. The number of hydrogen-bond donors (Lipinski definition) is 1. The molecule has 1 aliphatic heterocycles. The molecular weight excluding hydrogens is 415 g/mol. The normalized spacial score (nSPS) is 21.0. The van der Waals surface area contributed by atoms with Crippen LogP contribution in [0.2, 0.25) is 0 Å². The lowest BCUT2D eigenvalue weighted by Gasteiger charge is -2.38. The number of hydrogen-bond acceptors (Lipinski definition) is 6. The van der Waals surface area contributed by atoms with Gasteiger partial charge >= 0.3 is 12.3 Å². The molecule has 0 radical (unpaired) electrons. The van der Waals surface area contributed by atoms with Gasteiger partial charge in [-0.3, -0.25) is 4.79 Å². The van der Waals surface area contributed by atoms with E-state index in [4.69, 9.17) is 15.2 Å². The zero-order chi connectivity index (χ0) is 23.1. The van der Waals surface area contributed by atoms with Crippen molar-refractivity contribution in [2.24, 2.45) is 11.1 Å². The number of ketones is 1. The summed E-state index contributed by atoms with van der Waals surface area (Å²) in [6.07, 6.45) is -4.63. The molecule has 168 valence electrons. The van der Waals surface area contributed by atoms with E-state index in [1.54, 1.807) is 13.8 Å². The maximum Gasteiger partial charge on any atom is 0.573 e. The monoisotopic (exact) mass is 439 g/mol. The summed E-state index contributed by atoms with van der Waals surface area (Å²) in [7, 11) is 0. The topological polar surface area (TPSA) is 87.9 Å². The van der Waals surface area contributed by atoms with Crippen LogP contribution >= 0.6 is 0 Å². The smallest absolute Gasteiger partial charge is 0.459 e. The van der Waals surface area contributed by atoms with Crippen molar-refractivity contribution in [2.45, 2.75) is 58.9 Å². The first kappa shape index (κ1) is 22.7. The van der Waals surface area contributed by atoms with Gasteiger partial charge in [0.15, 0.2) is 5.78 Å². The Bertz CT molecular complexity index is 958. The van der Waals surface area contributed by atoms with Gasteiger partial charge in [0, 0.05) is 18.4 Å². The van der Waals surface area contributed by atoms with Gasteiger partial charge in [0.25, 0.3) is 0 Å². The van der Waals surface area contributed by atoms with E-state index in [1.807, 2.05) is 13.8 Å². The van der Waals surface area contributed by atoms with Crippen molar-refractivity contribution in [2.75, 3.05) is 0 Å². The van der Waals surface area contributed by atoms with Gasteiger partial charge in [-0.2, -0.15) is 0 Å². The third-order valence-corrected chi connectivity index (χ3v) is 4.96. The largest absolute Gasteiger partial charge is 0.573 e. The molecule has 2 aliphatic rings. The van der Waals surface area contributed by atoms with E-state index < -0.39 is 30.1 Å². The van der Waals surface area contributed by atoms with E-state index in [9.17, 15) is 22.8 Å². The van der Waals surface area contributed by atoms with Gasteiger partial charge in [0.05, 0.1) is 12.0 Å². The van der Waals surface area contributed by atoms with Gasteiger partial charge < -0.3 is 19.9 Å². The highest BCUT2D eigenvalue weighted by Crippen LogP contribution is 2.48. The number of ether oxygens (including phenoxy) is 3. The average molecular weight is 439 g/mol. The fourth-order valence-electron chi connectivity index (χ4n) is 3.86. The summed E-state index contributed by atoms with van der Waals surface area (Å²) in [5.74, 6) is -2.13. The first-order chi connectivity index (χ1) is 14.3. The summed E-state index contributed by atoms with van der Waals surface area (Å²) in [5.41, 5.74) is 6.34. The molecule has 0 amide bonds. The highest BCUT2D eigenvalue weighted by atomic mass is 19.4. The Labute approximate surface area is 177 Å². The van der Waals surface area contributed by atoms with Crippen LogP contribution in [0.3, 0.4) is 0 Å². The predicted octanol–water partition coefficient (Wildman–Crippen LogP) is 4.46. The number of rotatable bonds is 4. The van der Waals surface area contributed by atoms with Gasteiger partial charge in [-0.1, -0.05) is 26.0 Å². The minimum absolute atomic E-state index is 0.0509. The first-order valence-corrected chi connectivity index (χ1v) is 9.78. The standard InChI is InChI=1S/C22H24F3NO5/c1-11(2)29-20(28)18-16(12-5-7-13(8-6-12)31-22(23,24)25)17-14(27)9-21(3,4)10-15(17)30-19(18)26/h5-8,11,16H,9-10,26H2,1-4H3/t16-/m0/s1. The summed E-state index contributed by atoms with van der Waals surface area (Å²) in [5, 5.41) is 0. The van der Waals surface area contributed by atoms with Crippen LogP contribution in [0.15, 0.2) is 47.1 Å². The minimum Gasteiger partial charge on any atom is -0.459 e. The summed E-state index contributed by atoms with van der Waals surface area (Å²) >= 11 is 0. The molecule has 31 heavy (non-hydrogen) atoms. The molecule has 0 spiro atoms. The van der Waals surface area contributed by atoms with Crippen LogP contribution in [-0.2, 0) is 19.1 Å². The third-order valence-electron chi connectivity index (χ3n) is 4.96. The predicted molar refractivity (Wildman–Crippen MR) is 104 cm³/mol. The second kappa shape index (κ2) is 7.94. The highest BCUT2D eigenvalue weighted by Gasteiger charge is 2.45. The molecule has 3 rings (SSSR count). The van der Waals surface area contributed by atoms with Gasteiger partial charge in [-0.05, 0) is 37.0 Å². The summed E-state index contributed by atoms with van der Waals surface area (Å²) in [6, 6.07) is 4.98. The number of esters is 1. The summed E-state index contributed by atoms with van der Waals surface area (Å²) < 4.78 is 52.4. The number of nitrogens with two attached hydrogens (primary N) is 1. The molecule has 1 heterocycles. The summed E-state index contributed by atoms with van der Waals surface area (Å²) in [4.78, 5) is 25.9. The van der Waals surface area contributed by atoms with Crippen molar-refractivity contribution < 1.29 is 37.0 Å². The summed E-state index contributed by atoms with van der Waals surface area (Å²) in [6.45, 7) is 7.16. The van der Waals surface area contributed by atoms with Crippen molar-refractivity contribution in [1.29, 1.82) is 0 Å².